The Morgan fingerprint density at radius 1 is 1.09 bits per heavy atom. The minimum absolute atomic E-state index is 0.129. The van der Waals surface area contributed by atoms with Gasteiger partial charge in [-0.25, -0.2) is 4.79 Å². The summed E-state index contributed by atoms with van der Waals surface area (Å²) in [6, 6.07) is 12.2. The van der Waals surface area contributed by atoms with Crippen molar-refractivity contribution in [1.29, 1.82) is 0 Å². The normalized spacial score (nSPS) is 10.8. The second-order valence-corrected chi connectivity index (χ2v) is 6.04. The highest BCUT2D eigenvalue weighted by atomic mass is 79.9. The number of hydrogen-bond donors (Lipinski definition) is 3. The molecule has 1 heterocycles. The van der Waals surface area contributed by atoms with Gasteiger partial charge in [-0.2, -0.15) is 0 Å². The summed E-state index contributed by atoms with van der Waals surface area (Å²) in [7, 11) is 0. The molecule has 0 fully saturated rings. The molecule has 116 valence electrons. The van der Waals surface area contributed by atoms with Crippen molar-refractivity contribution in [2.45, 2.75) is 6.42 Å². The van der Waals surface area contributed by atoms with E-state index in [0.717, 1.165) is 10.0 Å². The summed E-state index contributed by atoms with van der Waals surface area (Å²) >= 11 is 3.40. The molecule has 0 bridgehead atoms. The van der Waals surface area contributed by atoms with Gasteiger partial charge in [-0.15, -0.1) is 0 Å². The van der Waals surface area contributed by atoms with Crippen LogP contribution in [0.25, 0.3) is 22.2 Å². The first kappa shape index (κ1) is 15.3. The largest absolute Gasteiger partial charge is 0.481 e. The van der Waals surface area contributed by atoms with Crippen LogP contribution in [0.4, 0.5) is 0 Å². The summed E-state index contributed by atoms with van der Waals surface area (Å²) in [4.78, 5) is 25.6. The van der Waals surface area contributed by atoms with Crippen LogP contribution >= 0.6 is 15.9 Å². The smallest absolute Gasteiger partial charge is 0.335 e. The van der Waals surface area contributed by atoms with Gasteiger partial charge in [-0.3, -0.25) is 4.79 Å². The van der Waals surface area contributed by atoms with Crippen LogP contribution in [0, 0.1) is 0 Å². The van der Waals surface area contributed by atoms with E-state index in [4.69, 9.17) is 5.11 Å². The van der Waals surface area contributed by atoms with Gasteiger partial charge in [0.1, 0.15) is 0 Å². The number of aromatic carboxylic acids is 1. The average molecular weight is 374 g/mol. The molecule has 0 amide bonds. The van der Waals surface area contributed by atoms with Gasteiger partial charge in [0.05, 0.1) is 17.7 Å². The van der Waals surface area contributed by atoms with Crippen molar-refractivity contribution in [3.63, 3.8) is 0 Å². The number of aromatic amines is 1. The molecule has 6 heteroatoms. The summed E-state index contributed by atoms with van der Waals surface area (Å²) in [6.07, 6.45) is -0.190. The van der Waals surface area contributed by atoms with Crippen LogP contribution in [0.2, 0.25) is 0 Å². The van der Waals surface area contributed by atoms with Crippen LogP contribution < -0.4 is 0 Å². The van der Waals surface area contributed by atoms with E-state index in [2.05, 4.69) is 20.9 Å². The van der Waals surface area contributed by atoms with Crippen molar-refractivity contribution < 1.29 is 19.8 Å². The number of benzene rings is 2. The van der Waals surface area contributed by atoms with Gasteiger partial charge in [0.25, 0.3) is 0 Å². The zero-order chi connectivity index (χ0) is 16.6. The van der Waals surface area contributed by atoms with E-state index in [1.54, 1.807) is 6.07 Å². The number of fused-ring (bicyclic) bond motifs is 1. The maximum absolute atomic E-state index is 11.2. The molecule has 1 aromatic heterocycles. The van der Waals surface area contributed by atoms with Gasteiger partial charge in [0.2, 0.25) is 0 Å². The molecule has 0 aliphatic carbocycles. The van der Waals surface area contributed by atoms with E-state index >= 15 is 0 Å². The van der Waals surface area contributed by atoms with Gasteiger partial charge >= 0.3 is 11.9 Å². The number of rotatable bonds is 4. The molecule has 23 heavy (non-hydrogen) atoms. The van der Waals surface area contributed by atoms with Crippen LogP contribution in [0.5, 0.6) is 0 Å². The Labute approximate surface area is 139 Å². The lowest BCUT2D eigenvalue weighted by Crippen LogP contribution is -2.01. The molecular formula is C17H12BrNO4. The first-order valence-electron chi connectivity index (χ1n) is 6.81. The van der Waals surface area contributed by atoms with E-state index in [1.165, 1.54) is 12.1 Å². The van der Waals surface area contributed by atoms with E-state index in [-0.39, 0.29) is 12.0 Å². The number of halogens is 1. The van der Waals surface area contributed by atoms with Crippen LogP contribution in [-0.4, -0.2) is 27.1 Å². The number of nitrogens with one attached hydrogen (secondary N) is 1. The van der Waals surface area contributed by atoms with Gasteiger partial charge in [0, 0.05) is 15.4 Å². The molecule has 5 nitrogen and oxygen atoms in total. The van der Waals surface area contributed by atoms with Crippen molar-refractivity contribution in [3.8, 4) is 11.3 Å². The summed E-state index contributed by atoms with van der Waals surface area (Å²) in [5, 5.41) is 19.0. The van der Waals surface area contributed by atoms with E-state index in [1.807, 2.05) is 24.3 Å². The number of carboxylic acid groups (broad SMARTS) is 2. The maximum Gasteiger partial charge on any atom is 0.335 e. The van der Waals surface area contributed by atoms with Crippen LogP contribution in [0.1, 0.15) is 15.9 Å². The molecule has 0 saturated heterocycles. The molecule has 3 N–H and O–H groups in total. The lowest BCUT2D eigenvalue weighted by atomic mass is 10.0. The molecular weight excluding hydrogens is 362 g/mol. The molecule has 0 aliphatic rings. The van der Waals surface area contributed by atoms with Crippen LogP contribution in [0.15, 0.2) is 46.9 Å². The first-order chi connectivity index (χ1) is 11.0. The summed E-state index contributed by atoms with van der Waals surface area (Å²) < 4.78 is 0.876. The molecule has 0 saturated carbocycles. The Balaban J connectivity index is 2.28. The van der Waals surface area contributed by atoms with E-state index in [9.17, 15) is 14.7 Å². The molecule has 3 rings (SSSR count). The van der Waals surface area contributed by atoms with E-state index < -0.39 is 11.9 Å². The maximum atomic E-state index is 11.2. The summed E-state index contributed by atoms with van der Waals surface area (Å²) in [6.45, 7) is 0. The lowest BCUT2D eigenvalue weighted by molar-refractivity contribution is -0.136. The number of carboxylic acids is 2. The predicted octanol–water partition coefficient (Wildman–Crippen LogP) is 3.92. The quantitative estimate of drug-likeness (QED) is 0.646. The highest BCUT2D eigenvalue weighted by Gasteiger charge is 2.17. The Bertz CT molecular complexity index is 929. The Hall–Kier alpha value is -2.60. The summed E-state index contributed by atoms with van der Waals surface area (Å²) in [5.41, 5.74) is 2.94. The number of H-pyrrole nitrogens is 1. The third kappa shape index (κ3) is 2.98. The minimum Gasteiger partial charge on any atom is -0.481 e. The summed E-state index contributed by atoms with van der Waals surface area (Å²) in [5.74, 6) is -2.01. The highest BCUT2D eigenvalue weighted by molar-refractivity contribution is 9.10. The second kappa shape index (κ2) is 5.89. The van der Waals surface area contributed by atoms with Gasteiger partial charge < -0.3 is 15.2 Å². The molecule has 0 atom stereocenters. The van der Waals surface area contributed by atoms with Crippen molar-refractivity contribution in [2.75, 3.05) is 0 Å². The molecule has 0 spiro atoms. The topological polar surface area (TPSA) is 90.4 Å². The van der Waals surface area contributed by atoms with Crippen LogP contribution in [0.3, 0.4) is 0 Å². The fourth-order valence-corrected chi connectivity index (χ4v) is 3.01. The number of hydrogen-bond acceptors (Lipinski definition) is 2. The fraction of sp³-hybridized carbons (Fsp3) is 0.0588. The second-order valence-electron chi connectivity index (χ2n) is 5.12. The van der Waals surface area contributed by atoms with Crippen molar-refractivity contribution in [2.24, 2.45) is 0 Å². The van der Waals surface area contributed by atoms with Gasteiger partial charge in [-0.1, -0.05) is 28.1 Å². The average Bonchev–Trinajstić information content (AvgIpc) is 2.84. The molecule has 3 aromatic rings. The SMILES string of the molecule is O=C(O)Cc1c(-c2cccc(Br)c2)[nH]c2ccc(C(=O)O)cc12. The third-order valence-corrected chi connectivity index (χ3v) is 4.09. The monoisotopic (exact) mass is 373 g/mol. The standard InChI is InChI=1S/C17H12BrNO4/c18-11-3-1-2-9(6-11)16-13(8-15(20)21)12-7-10(17(22)23)4-5-14(12)19-16/h1-7,19H,8H2,(H,20,21)(H,22,23). The zero-order valence-electron chi connectivity index (χ0n) is 11.8. The predicted molar refractivity (Wildman–Crippen MR) is 89.7 cm³/mol. The van der Waals surface area contributed by atoms with Gasteiger partial charge in [-0.05, 0) is 41.5 Å². The lowest BCUT2D eigenvalue weighted by Gasteiger charge is -2.04. The zero-order valence-corrected chi connectivity index (χ0v) is 13.4. The van der Waals surface area contributed by atoms with Gasteiger partial charge in [0.15, 0.2) is 0 Å². The number of aromatic nitrogens is 1. The van der Waals surface area contributed by atoms with Crippen molar-refractivity contribution in [1.82, 2.24) is 4.98 Å². The van der Waals surface area contributed by atoms with Crippen LogP contribution in [-0.2, 0) is 11.2 Å². The fourth-order valence-electron chi connectivity index (χ4n) is 2.61. The number of aliphatic carboxylic acids is 1. The highest BCUT2D eigenvalue weighted by Crippen LogP contribution is 2.32. The van der Waals surface area contributed by atoms with Crippen molar-refractivity contribution >= 4 is 38.8 Å². The minimum atomic E-state index is -1.04. The third-order valence-electron chi connectivity index (χ3n) is 3.59. The molecule has 2 aromatic carbocycles. The number of carbonyl (C=O) groups is 2. The van der Waals surface area contributed by atoms with Crippen molar-refractivity contribution in [3.05, 3.63) is 58.1 Å². The Morgan fingerprint density at radius 2 is 1.87 bits per heavy atom. The Kier molecular flexibility index (Phi) is 3.92. The molecule has 0 aliphatic heterocycles. The molecule has 0 radical (unpaired) electrons. The molecule has 0 unspecified atom stereocenters. The Morgan fingerprint density at radius 3 is 2.52 bits per heavy atom. The van der Waals surface area contributed by atoms with E-state index in [0.29, 0.717) is 22.2 Å². The first-order valence-corrected chi connectivity index (χ1v) is 7.60.